The molecule has 0 spiro atoms. The van der Waals surface area contributed by atoms with Crippen molar-refractivity contribution in [1.29, 1.82) is 0 Å². The minimum atomic E-state index is -0.0821. The Balaban J connectivity index is 1.78. The molecule has 1 aliphatic rings. The Hall–Kier alpha value is -2.63. The van der Waals surface area contributed by atoms with Crippen LogP contribution in [0.4, 0.5) is 5.69 Å². The maximum atomic E-state index is 12.5. The summed E-state index contributed by atoms with van der Waals surface area (Å²) in [6.07, 6.45) is 3.59. The average Bonchev–Trinajstić information content (AvgIpc) is 2.93. The van der Waals surface area contributed by atoms with Gasteiger partial charge in [-0.2, -0.15) is 0 Å². The molecule has 0 fully saturated rings. The number of fused-ring (bicyclic) bond motifs is 1. The number of nitrogens with zero attached hydrogens (tertiary/aromatic N) is 2. The van der Waals surface area contributed by atoms with E-state index in [1.165, 1.54) is 6.26 Å². The normalized spacial score (nSPS) is 14.0. The number of amides is 2. The predicted octanol–water partition coefficient (Wildman–Crippen LogP) is 2.22. The Morgan fingerprint density at radius 1 is 1.36 bits per heavy atom. The number of hydrogen-bond acceptors (Lipinski definition) is 4. The molecule has 0 aliphatic carbocycles. The van der Waals surface area contributed by atoms with Gasteiger partial charge in [0.05, 0.1) is 6.54 Å². The fourth-order valence-corrected chi connectivity index (χ4v) is 2.56. The molecule has 2 amide bonds. The fraction of sp³-hybridized carbons (Fsp3) is 0.312. The van der Waals surface area contributed by atoms with Crippen molar-refractivity contribution in [2.45, 2.75) is 25.8 Å². The van der Waals surface area contributed by atoms with Crippen molar-refractivity contribution < 1.29 is 14.1 Å². The molecular formula is C16H17N3O3. The Morgan fingerprint density at radius 3 is 3.00 bits per heavy atom. The molecule has 1 N–H and O–H groups in total. The first-order chi connectivity index (χ1) is 10.6. The second-order valence-electron chi connectivity index (χ2n) is 5.43. The molecule has 0 radical (unpaired) electrons. The summed E-state index contributed by atoms with van der Waals surface area (Å²) in [5.41, 5.74) is 3.13. The molecule has 0 atom stereocenters. The van der Waals surface area contributed by atoms with Gasteiger partial charge < -0.3 is 14.7 Å². The highest BCUT2D eigenvalue weighted by Gasteiger charge is 2.17. The van der Waals surface area contributed by atoms with E-state index in [-0.39, 0.29) is 11.8 Å². The molecule has 1 aliphatic heterocycles. The average molecular weight is 299 g/mol. The van der Waals surface area contributed by atoms with Crippen molar-refractivity contribution in [3.63, 3.8) is 0 Å². The van der Waals surface area contributed by atoms with E-state index in [9.17, 15) is 9.59 Å². The van der Waals surface area contributed by atoms with Crippen LogP contribution in [-0.4, -0.2) is 28.9 Å². The van der Waals surface area contributed by atoms with Crippen LogP contribution in [0.1, 0.15) is 34.5 Å². The third-order valence-electron chi connectivity index (χ3n) is 3.71. The fourth-order valence-electron chi connectivity index (χ4n) is 2.56. The van der Waals surface area contributed by atoms with Crippen LogP contribution in [0.2, 0.25) is 0 Å². The number of hydrogen-bond donors (Lipinski definition) is 1. The number of aromatic nitrogens is 1. The molecule has 0 unspecified atom stereocenters. The van der Waals surface area contributed by atoms with Gasteiger partial charge in [-0.1, -0.05) is 5.16 Å². The van der Waals surface area contributed by atoms with E-state index in [1.807, 2.05) is 6.07 Å². The maximum absolute atomic E-state index is 12.5. The van der Waals surface area contributed by atoms with Crippen LogP contribution in [0.25, 0.3) is 0 Å². The predicted molar refractivity (Wildman–Crippen MR) is 80.3 cm³/mol. The molecule has 1 aromatic heterocycles. The van der Waals surface area contributed by atoms with E-state index in [2.05, 4.69) is 10.5 Å². The first kappa shape index (κ1) is 14.3. The van der Waals surface area contributed by atoms with Gasteiger partial charge in [0.1, 0.15) is 12.0 Å². The first-order valence-electron chi connectivity index (χ1n) is 7.21. The van der Waals surface area contributed by atoms with Crippen LogP contribution < -0.4 is 5.32 Å². The quantitative estimate of drug-likeness (QED) is 0.943. The Kier molecular flexibility index (Phi) is 3.91. The van der Waals surface area contributed by atoms with Crippen LogP contribution in [0.3, 0.4) is 0 Å². The Morgan fingerprint density at radius 2 is 2.23 bits per heavy atom. The molecule has 3 rings (SSSR count). The van der Waals surface area contributed by atoms with E-state index in [0.717, 1.165) is 24.1 Å². The molecule has 0 bridgehead atoms. The highest BCUT2D eigenvalue weighted by atomic mass is 16.5. The zero-order valence-electron chi connectivity index (χ0n) is 12.3. The summed E-state index contributed by atoms with van der Waals surface area (Å²) >= 11 is 0. The molecule has 22 heavy (non-hydrogen) atoms. The zero-order chi connectivity index (χ0) is 15.5. The van der Waals surface area contributed by atoms with Crippen LogP contribution in [0, 0.1) is 0 Å². The minimum Gasteiger partial charge on any atom is -0.364 e. The van der Waals surface area contributed by atoms with Crippen LogP contribution >= 0.6 is 0 Å². The third-order valence-corrected chi connectivity index (χ3v) is 3.71. The van der Waals surface area contributed by atoms with E-state index in [0.29, 0.717) is 24.2 Å². The van der Waals surface area contributed by atoms with Gasteiger partial charge in [0.25, 0.3) is 5.91 Å². The van der Waals surface area contributed by atoms with Gasteiger partial charge in [-0.25, -0.2) is 0 Å². The van der Waals surface area contributed by atoms with E-state index < -0.39 is 0 Å². The summed E-state index contributed by atoms with van der Waals surface area (Å²) in [6, 6.07) is 7.14. The topological polar surface area (TPSA) is 75.4 Å². The molecule has 114 valence electrons. The van der Waals surface area contributed by atoms with Crippen molar-refractivity contribution >= 4 is 17.5 Å². The standard InChI is InChI=1S/C16H17N3O3/c1-19(10-13-7-8-22-18-13)16(21)12-5-6-14-11(9-12)3-2-4-15(20)17-14/h5-9H,2-4,10H2,1H3,(H,17,20). The Bertz CT molecular complexity index is 695. The molecule has 0 saturated heterocycles. The van der Waals surface area contributed by atoms with Crippen molar-refractivity contribution in [1.82, 2.24) is 10.1 Å². The summed E-state index contributed by atoms with van der Waals surface area (Å²) in [6.45, 7) is 0.392. The van der Waals surface area contributed by atoms with E-state index in [4.69, 9.17) is 4.52 Å². The summed E-state index contributed by atoms with van der Waals surface area (Å²) in [4.78, 5) is 25.6. The summed E-state index contributed by atoms with van der Waals surface area (Å²) in [5, 5.41) is 6.67. The lowest BCUT2D eigenvalue weighted by atomic mass is 10.0. The van der Waals surface area contributed by atoms with Crippen LogP contribution in [0.15, 0.2) is 35.1 Å². The van der Waals surface area contributed by atoms with Gasteiger partial charge in [-0.3, -0.25) is 9.59 Å². The van der Waals surface area contributed by atoms with Gasteiger partial charge in [-0.15, -0.1) is 0 Å². The molecule has 2 aromatic rings. The van der Waals surface area contributed by atoms with E-state index in [1.54, 1.807) is 30.1 Å². The van der Waals surface area contributed by atoms with Gasteiger partial charge in [0.2, 0.25) is 5.91 Å². The van der Waals surface area contributed by atoms with Gasteiger partial charge >= 0.3 is 0 Å². The Labute approximate surface area is 128 Å². The lowest BCUT2D eigenvalue weighted by Crippen LogP contribution is -2.26. The SMILES string of the molecule is CN(Cc1ccon1)C(=O)c1ccc2c(c1)CCCC(=O)N2. The smallest absolute Gasteiger partial charge is 0.253 e. The number of anilines is 1. The number of carbonyl (C=O) groups excluding carboxylic acids is 2. The second-order valence-corrected chi connectivity index (χ2v) is 5.43. The number of rotatable bonds is 3. The van der Waals surface area contributed by atoms with Crippen LogP contribution in [0.5, 0.6) is 0 Å². The molecule has 0 saturated carbocycles. The maximum Gasteiger partial charge on any atom is 0.253 e. The zero-order valence-corrected chi connectivity index (χ0v) is 12.3. The highest BCUT2D eigenvalue weighted by molar-refractivity contribution is 5.96. The third kappa shape index (κ3) is 3.00. The van der Waals surface area contributed by atoms with Crippen molar-refractivity contribution in [2.75, 3.05) is 12.4 Å². The summed E-state index contributed by atoms with van der Waals surface area (Å²) in [7, 11) is 1.73. The largest absolute Gasteiger partial charge is 0.364 e. The summed E-state index contributed by atoms with van der Waals surface area (Å²) in [5.74, 6) is -0.0534. The van der Waals surface area contributed by atoms with Gasteiger partial charge in [0, 0.05) is 30.8 Å². The number of benzene rings is 1. The second kappa shape index (κ2) is 6.01. The summed E-state index contributed by atoms with van der Waals surface area (Å²) < 4.78 is 4.77. The highest BCUT2D eigenvalue weighted by Crippen LogP contribution is 2.24. The molecule has 6 heteroatoms. The lowest BCUT2D eigenvalue weighted by Gasteiger charge is -2.17. The van der Waals surface area contributed by atoms with Crippen LogP contribution in [-0.2, 0) is 17.8 Å². The molecule has 1 aromatic carbocycles. The molecule has 2 heterocycles. The monoisotopic (exact) mass is 299 g/mol. The minimum absolute atomic E-state index is 0.0287. The van der Waals surface area contributed by atoms with E-state index >= 15 is 0 Å². The lowest BCUT2D eigenvalue weighted by molar-refractivity contribution is -0.116. The first-order valence-corrected chi connectivity index (χ1v) is 7.21. The number of nitrogens with one attached hydrogen (secondary N) is 1. The van der Waals surface area contributed by atoms with Crippen molar-refractivity contribution in [3.05, 3.63) is 47.3 Å². The number of carbonyl (C=O) groups is 2. The molecular weight excluding hydrogens is 282 g/mol. The molecule has 6 nitrogen and oxygen atoms in total. The number of aryl methyl sites for hydroxylation is 1. The van der Waals surface area contributed by atoms with Gasteiger partial charge in [-0.05, 0) is 36.6 Å². The van der Waals surface area contributed by atoms with Crippen molar-refractivity contribution in [3.8, 4) is 0 Å². The van der Waals surface area contributed by atoms with Crippen molar-refractivity contribution in [2.24, 2.45) is 0 Å². The van der Waals surface area contributed by atoms with Gasteiger partial charge in [0.15, 0.2) is 0 Å².